The SMILES string of the molecule is NCCc1c[nH]c2sc(S(=O)(=O)c3cccc(F)c3)cc12. The van der Waals surface area contributed by atoms with Crippen molar-refractivity contribution in [1.29, 1.82) is 0 Å². The summed E-state index contributed by atoms with van der Waals surface area (Å²) in [5.74, 6) is -0.568. The predicted octanol–water partition coefficient (Wildman–Crippen LogP) is 2.70. The number of aromatic nitrogens is 1. The summed E-state index contributed by atoms with van der Waals surface area (Å²) in [4.78, 5) is 3.80. The number of halogens is 1. The molecule has 3 rings (SSSR count). The first-order valence-corrected chi connectivity index (χ1v) is 8.63. The molecule has 21 heavy (non-hydrogen) atoms. The van der Waals surface area contributed by atoms with Crippen molar-refractivity contribution in [2.75, 3.05) is 6.54 Å². The molecule has 0 aliphatic rings. The molecule has 1 aromatic carbocycles. The van der Waals surface area contributed by atoms with Gasteiger partial charge in [-0.05, 0) is 42.8 Å². The van der Waals surface area contributed by atoms with Crippen LogP contribution < -0.4 is 5.73 Å². The molecular weight excluding hydrogens is 311 g/mol. The maximum Gasteiger partial charge on any atom is 0.216 e. The zero-order valence-electron chi connectivity index (χ0n) is 11.0. The summed E-state index contributed by atoms with van der Waals surface area (Å²) in [6, 6.07) is 6.66. The van der Waals surface area contributed by atoms with Crippen LogP contribution in [0.3, 0.4) is 0 Å². The summed E-state index contributed by atoms with van der Waals surface area (Å²) in [7, 11) is -3.70. The number of fused-ring (bicyclic) bond motifs is 1. The minimum atomic E-state index is -3.70. The zero-order valence-corrected chi connectivity index (χ0v) is 12.6. The lowest BCUT2D eigenvalue weighted by molar-refractivity contribution is 0.592. The van der Waals surface area contributed by atoms with E-state index >= 15 is 0 Å². The molecule has 0 amide bonds. The van der Waals surface area contributed by atoms with Crippen LogP contribution in [0.2, 0.25) is 0 Å². The van der Waals surface area contributed by atoms with Gasteiger partial charge >= 0.3 is 0 Å². The summed E-state index contributed by atoms with van der Waals surface area (Å²) in [6.45, 7) is 0.495. The molecule has 3 N–H and O–H groups in total. The minimum Gasteiger partial charge on any atom is -0.353 e. The Labute approximate surface area is 125 Å². The van der Waals surface area contributed by atoms with Crippen LogP contribution in [0.25, 0.3) is 10.2 Å². The molecule has 0 atom stereocenters. The fraction of sp³-hybridized carbons (Fsp3) is 0.143. The highest BCUT2D eigenvalue weighted by molar-refractivity contribution is 7.93. The second kappa shape index (κ2) is 5.25. The van der Waals surface area contributed by atoms with Gasteiger partial charge < -0.3 is 10.7 Å². The average Bonchev–Trinajstić information content (AvgIpc) is 3.01. The van der Waals surface area contributed by atoms with Crippen LogP contribution in [0.5, 0.6) is 0 Å². The normalized spacial score (nSPS) is 12.1. The van der Waals surface area contributed by atoms with Gasteiger partial charge in [-0.3, -0.25) is 0 Å². The van der Waals surface area contributed by atoms with Gasteiger partial charge in [0, 0.05) is 11.6 Å². The fourth-order valence-electron chi connectivity index (χ4n) is 2.19. The Morgan fingerprint density at radius 2 is 2.10 bits per heavy atom. The topological polar surface area (TPSA) is 76.0 Å². The van der Waals surface area contributed by atoms with Crippen molar-refractivity contribution in [3.8, 4) is 0 Å². The number of benzene rings is 1. The molecule has 3 aromatic rings. The summed E-state index contributed by atoms with van der Waals surface area (Å²) < 4.78 is 38.5. The van der Waals surface area contributed by atoms with Crippen LogP contribution in [0.15, 0.2) is 45.6 Å². The second-order valence-corrected chi connectivity index (χ2v) is 7.85. The third kappa shape index (κ3) is 2.48. The summed E-state index contributed by atoms with van der Waals surface area (Å²) in [5.41, 5.74) is 6.53. The van der Waals surface area contributed by atoms with Gasteiger partial charge in [-0.1, -0.05) is 6.07 Å². The molecule has 2 aromatic heterocycles. The number of sulfone groups is 1. The van der Waals surface area contributed by atoms with Gasteiger partial charge in [0.1, 0.15) is 14.9 Å². The molecule has 0 saturated heterocycles. The van der Waals surface area contributed by atoms with E-state index in [9.17, 15) is 12.8 Å². The van der Waals surface area contributed by atoms with E-state index in [1.54, 1.807) is 6.07 Å². The third-order valence-electron chi connectivity index (χ3n) is 3.22. The molecule has 0 bridgehead atoms. The number of aromatic amines is 1. The van der Waals surface area contributed by atoms with E-state index in [2.05, 4.69) is 4.98 Å². The molecule has 0 radical (unpaired) electrons. The van der Waals surface area contributed by atoms with Gasteiger partial charge in [-0.2, -0.15) is 0 Å². The molecular formula is C14H13FN2O2S2. The zero-order chi connectivity index (χ0) is 15.0. The lowest BCUT2D eigenvalue weighted by atomic mass is 10.2. The monoisotopic (exact) mass is 324 g/mol. The van der Waals surface area contributed by atoms with Gasteiger partial charge in [0.2, 0.25) is 9.84 Å². The van der Waals surface area contributed by atoms with Crippen LogP contribution in [0.1, 0.15) is 5.56 Å². The molecule has 0 fully saturated rings. The largest absolute Gasteiger partial charge is 0.353 e. The van der Waals surface area contributed by atoms with E-state index in [1.165, 1.54) is 18.2 Å². The van der Waals surface area contributed by atoms with Crippen molar-refractivity contribution in [1.82, 2.24) is 4.98 Å². The first kappa shape index (κ1) is 14.2. The molecule has 2 heterocycles. The van der Waals surface area contributed by atoms with Crippen LogP contribution >= 0.6 is 11.3 Å². The minimum absolute atomic E-state index is 0.0354. The molecule has 0 spiro atoms. The highest BCUT2D eigenvalue weighted by Crippen LogP contribution is 2.34. The Kier molecular flexibility index (Phi) is 3.56. The lowest BCUT2D eigenvalue weighted by Crippen LogP contribution is -2.02. The van der Waals surface area contributed by atoms with Crippen LogP contribution in [0, 0.1) is 5.82 Å². The Morgan fingerprint density at radius 3 is 2.81 bits per heavy atom. The van der Waals surface area contributed by atoms with Gasteiger partial charge in [0.15, 0.2) is 0 Å². The highest BCUT2D eigenvalue weighted by atomic mass is 32.2. The highest BCUT2D eigenvalue weighted by Gasteiger charge is 2.22. The Hall–Kier alpha value is -1.70. The standard InChI is InChI=1S/C14H13FN2O2S2/c15-10-2-1-3-11(6-10)21(18,19)13-7-12-9(4-5-16)8-17-14(12)20-13/h1-3,6-8,17H,4-5,16H2. The van der Waals surface area contributed by atoms with Crippen LogP contribution in [0.4, 0.5) is 4.39 Å². The van der Waals surface area contributed by atoms with Gasteiger partial charge in [-0.15, -0.1) is 11.3 Å². The van der Waals surface area contributed by atoms with E-state index in [0.29, 0.717) is 13.0 Å². The summed E-state index contributed by atoms with van der Waals surface area (Å²) >= 11 is 1.14. The smallest absolute Gasteiger partial charge is 0.216 e. The molecule has 110 valence electrons. The molecule has 7 heteroatoms. The van der Waals surface area contributed by atoms with Crippen molar-refractivity contribution in [3.63, 3.8) is 0 Å². The van der Waals surface area contributed by atoms with Crippen molar-refractivity contribution >= 4 is 31.4 Å². The number of thiophene rings is 1. The first-order chi connectivity index (χ1) is 10.0. The Balaban J connectivity index is 2.11. The fourth-order valence-corrected chi connectivity index (χ4v) is 4.99. The lowest BCUT2D eigenvalue weighted by Gasteiger charge is -2.01. The number of hydrogen-bond acceptors (Lipinski definition) is 4. The Bertz CT molecular complexity index is 897. The van der Waals surface area contributed by atoms with Crippen LogP contribution in [-0.2, 0) is 16.3 Å². The van der Waals surface area contributed by atoms with E-state index in [-0.39, 0.29) is 9.10 Å². The van der Waals surface area contributed by atoms with Gasteiger partial charge in [0.05, 0.1) is 4.90 Å². The number of H-pyrrole nitrogens is 1. The van der Waals surface area contributed by atoms with Gasteiger partial charge in [-0.25, -0.2) is 12.8 Å². The van der Waals surface area contributed by atoms with Crippen molar-refractivity contribution in [2.45, 2.75) is 15.5 Å². The summed E-state index contributed by atoms with van der Waals surface area (Å²) in [5, 5.41) is 0.862. The average molecular weight is 324 g/mol. The van der Waals surface area contributed by atoms with E-state index in [4.69, 9.17) is 5.73 Å². The third-order valence-corrected chi connectivity index (χ3v) is 6.51. The molecule has 0 unspecified atom stereocenters. The number of nitrogens with two attached hydrogens (primary N) is 1. The van der Waals surface area contributed by atoms with E-state index < -0.39 is 15.7 Å². The van der Waals surface area contributed by atoms with Gasteiger partial charge in [0.25, 0.3) is 0 Å². The second-order valence-electron chi connectivity index (χ2n) is 4.62. The maximum atomic E-state index is 13.2. The molecule has 0 saturated carbocycles. The first-order valence-electron chi connectivity index (χ1n) is 6.33. The summed E-state index contributed by atoms with van der Waals surface area (Å²) in [6.07, 6.45) is 2.52. The molecule has 0 aliphatic carbocycles. The number of rotatable bonds is 4. The van der Waals surface area contributed by atoms with Crippen molar-refractivity contribution < 1.29 is 12.8 Å². The van der Waals surface area contributed by atoms with Crippen molar-refractivity contribution in [3.05, 3.63) is 47.9 Å². The Morgan fingerprint density at radius 1 is 1.29 bits per heavy atom. The maximum absolute atomic E-state index is 13.2. The number of hydrogen-bond donors (Lipinski definition) is 2. The van der Waals surface area contributed by atoms with Crippen LogP contribution in [-0.4, -0.2) is 19.9 Å². The molecule has 0 aliphatic heterocycles. The predicted molar refractivity (Wildman–Crippen MR) is 80.8 cm³/mol. The van der Waals surface area contributed by atoms with Crippen molar-refractivity contribution in [2.24, 2.45) is 5.73 Å². The number of nitrogens with one attached hydrogen (secondary N) is 1. The van der Waals surface area contributed by atoms with E-state index in [1.807, 2.05) is 6.20 Å². The van der Waals surface area contributed by atoms with E-state index in [0.717, 1.165) is 33.2 Å². The quantitative estimate of drug-likeness (QED) is 0.775. The molecule has 4 nitrogen and oxygen atoms in total.